The molecule has 0 aromatic heterocycles. The summed E-state index contributed by atoms with van der Waals surface area (Å²) in [6.07, 6.45) is 7.09. The van der Waals surface area contributed by atoms with Crippen molar-refractivity contribution in [1.82, 2.24) is 4.90 Å². The van der Waals surface area contributed by atoms with Gasteiger partial charge in [0, 0.05) is 32.2 Å². The van der Waals surface area contributed by atoms with Gasteiger partial charge < -0.3 is 14.7 Å². The standard InChI is InChI=1S/C17H31NO3/c1-3-5-15-12-14(6-11-21-15)16(20)18-9-7-17(4-2,13-19)8-10-18/h14-15,19H,3-13H2,1-2H3. The highest BCUT2D eigenvalue weighted by Gasteiger charge is 2.37. The average Bonchev–Trinajstić information content (AvgIpc) is 2.55. The van der Waals surface area contributed by atoms with E-state index >= 15 is 0 Å². The summed E-state index contributed by atoms with van der Waals surface area (Å²) in [4.78, 5) is 14.7. The highest BCUT2D eigenvalue weighted by atomic mass is 16.5. The molecule has 1 N–H and O–H groups in total. The summed E-state index contributed by atoms with van der Waals surface area (Å²) in [5.41, 5.74) is 0.0528. The average molecular weight is 297 g/mol. The summed E-state index contributed by atoms with van der Waals surface area (Å²) in [5.74, 6) is 0.473. The lowest BCUT2D eigenvalue weighted by atomic mass is 9.76. The van der Waals surface area contributed by atoms with Gasteiger partial charge >= 0.3 is 0 Å². The Balaban J connectivity index is 1.86. The molecule has 0 bridgehead atoms. The predicted molar refractivity (Wildman–Crippen MR) is 83.0 cm³/mol. The fourth-order valence-corrected chi connectivity index (χ4v) is 3.71. The van der Waals surface area contributed by atoms with Crippen LogP contribution >= 0.6 is 0 Å². The van der Waals surface area contributed by atoms with Gasteiger partial charge in [-0.25, -0.2) is 0 Å². The summed E-state index contributed by atoms with van der Waals surface area (Å²) in [5, 5.41) is 9.59. The largest absolute Gasteiger partial charge is 0.396 e. The minimum absolute atomic E-state index is 0.0528. The Kier molecular flexibility index (Phi) is 6.06. The number of hydrogen-bond donors (Lipinski definition) is 1. The van der Waals surface area contributed by atoms with Crippen LogP contribution in [0.3, 0.4) is 0 Å². The summed E-state index contributed by atoms with van der Waals surface area (Å²) in [7, 11) is 0. The topological polar surface area (TPSA) is 49.8 Å². The van der Waals surface area contributed by atoms with Crippen molar-refractivity contribution >= 4 is 5.91 Å². The summed E-state index contributed by atoms with van der Waals surface area (Å²) >= 11 is 0. The van der Waals surface area contributed by atoms with Crippen molar-refractivity contribution in [3.8, 4) is 0 Å². The van der Waals surface area contributed by atoms with Crippen molar-refractivity contribution in [1.29, 1.82) is 0 Å². The van der Waals surface area contributed by atoms with E-state index in [-0.39, 0.29) is 24.0 Å². The predicted octanol–water partition coefficient (Wildman–Crippen LogP) is 2.59. The molecule has 122 valence electrons. The van der Waals surface area contributed by atoms with Crippen LogP contribution in [-0.4, -0.2) is 48.3 Å². The van der Waals surface area contributed by atoms with Gasteiger partial charge in [-0.15, -0.1) is 0 Å². The lowest BCUT2D eigenvalue weighted by Gasteiger charge is -2.42. The van der Waals surface area contributed by atoms with E-state index in [2.05, 4.69) is 13.8 Å². The molecule has 0 spiro atoms. The molecule has 0 aromatic carbocycles. The Morgan fingerprint density at radius 1 is 1.33 bits per heavy atom. The fourth-order valence-electron chi connectivity index (χ4n) is 3.71. The van der Waals surface area contributed by atoms with Crippen LogP contribution < -0.4 is 0 Å². The van der Waals surface area contributed by atoms with Crippen LogP contribution in [-0.2, 0) is 9.53 Å². The second-order valence-corrected chi connectivity index (χ2v) is 6.84. The molecule has 2 fully saturated rings. The molecule has 2 aliphatic heterocycles. The second kappa shape index (κ2) is 7.59. The Morgan fingerprint density at radius 2 is 2.05 bits per heavy atom. The SMILES string of the molecule is CCCC1CC(C(=O)N2CCC(CC)(CO)CC2)CCO1. The van der Waals surface area contributed by atoms with E-state index < -0.39 is 0 Å². The number of aliphatic hydroxyl groups is 1. The fraction of sp³-hybridized carbons (Fsp3) is 0.941. The lowest BCUT2D eigenvalue weighted by molar-refractivity contribution is -0.143. The molecule has 0 saturated carbocycles. The van der Waals surface area contributed by atoms with E-state index in [1.54, 1.807) is 0 Å². The highest BCUT2D eigenvalue weighted by Crippen LogP contribution is 2.35. The second-order valence-electron chi connectivity index (χ2n) is 6.84. The van der Waals surface area contributed by atoms with Crippen molar-refractivity contribution in [3.05, 3.63) is 0 Å². The molecule has 2 saturated heterocycles. The normalized spacial score (nSPS) is 29.4. The van der Waals surface area contributed by atoms with Gasteiger partial charge in [-0.3, -0.25) is 4.79 Å². The first-order valence-corrected chi connectivity index (χ1v) is 8.65. The number of carbonyl (C=O) groups is 1. The number of piperidine rings is 1. The Labute approximate surface area is 128 Å². The first-order chi connectivity index (χ1) is 10.1. The first-order valence-electron chi connectivity index (χ1n) is 8.65. The molecule has 0 radical (unpaired) electrons. The molecule has 2 heterocycles. The zero-order valence-electron chi connectivity index (χ0n) is 13.6. The number of carbonyl (C=O) groups excluding carboxylic acids is 1. The molecular weight excluding hydrogens is 266 g/mol. The summed E-state index contributed by atoms with van der Waals surface area (Å²) in [6.45, 7) is 6.90. The Morgan fingerprint density at radius 3 is 2.62 bits per heavy atom. The number of aliphatic hydroxyl groups excluding tert-OH is 1. The maximum absolute atomic E-state index is 12.7. The maximum Gasteiger partial charge on any atom is 0.225 e. The van der Waals surface area contributed by atoms with Gasteiger partial charge in [0.15, 0.2) is 0 Å². The number of hydrogen-bond acceptors (Lipinski definition) is 3. The molecule has 2 unspecified atom stereocenters. The lowest BCUT2D eigenvalue weighted by Crippen LogP contribution is -2.47. The molecule has 2 atom stereocenters. The van der Waals surface area contributed by atoms with Crippen LogP contribution in [0.25, 0.3) is 0 Å². The zero-order chi connectivity index (χ0) is 15.3. The third-order valence-electron chi connectivity index (χ3n) is 5.55. The van der Waals surface area contributed by atoms with Crippen molar-refractivity contribution < 1.29 is 14.6 Å². The minimum Gasteiger partial charge on any atom is -0.396 e. The monoisotopic (exact) mass is 297 g/mol. The number of amides is 1. The van der Waals surface area contributed by atoms with Gasteiger partial charge in [0.1, 0.15) is 0 Å². The van der Waals surface area contributed by atoms with Crippen LogP contribution in [0.4, 0.5) is 0 Å². The van der Waals surface area contributed by atoms with E-state index in [1.165, 1.54) is 0 Å². The van der Waals surface area contributed by atoms with Gasteiger partial charge in [-0.05, 0) is 43.9 Å². The van der Waals surface area contributed by atoms with Gasteiger partial charge in [0.2, 0.25) is 5.91 Å². The van der Waals surface area contributed by atoms with Crippen molar-refractivity contribution in [3.63, 3.8) is 0 Å². The van der Waals surface area contributed by atoms with E-state index in [9.17, 15) is 9.90 Å². The minimum atomic E-state index is 0.0528. The van der Waals surface area contributed by atoms with Crippen LogP contribution in [0.5, 0.6) is 0 Å². The maximum atomic E-state index is 12.7. The van der Waals surface area contributed by atoms with Gasteiger partial charge in [-0.1, -0.05) is 20.3 Å². The first kappa shape index (κ1) is 16.8. The van der Waals surface area contributed by atoms with Crippen molar-refractivity contribution in [2.45, 2.75) is 64.9 Å². The number of likely N-dealkylation sites (tertiary alicyclic amines) is 1. The van der Waals surface area contributed by atoms with E-state index in [0.29, 0.717) is 5.91 Å². The van der Waals surface area contributed by atoms with Crippen molar-refractivity contribution in [2.75, 3.05) is 26.3 Å². The molecule has 2 aliphatic rings. The molecule has 1 amide bonds. The molecule has 4 heteroatoms. The van der Waals surface area contributed by atoms with Crippen LogP contribution in [0.15, 0.2) is 0 Å². The molecule has 2 rings (SSSR count). The Bertz CT molecular complexity index is 329. The zero-order valence-corrected chi connectivity index (χ0v) is 13.6. The highest BCUT2D eigenvalue weighted by molar-refractivity contribution is 5.79. The third kappa shape index (κ3) is 3.98. The number of ether oxygens (including phenoxy) is 1. The molecular formula is C17H31NO3. The van der Waals surface area contributed by atoms with Gasteiger partial charge in [0.05, 0.1) is 6.10 Å². The number of rotatable bonds is 5. The van der Waals surface area contributed by atoms with Crippen molar-refractivity contribution in [2.24, 2.45) is 11.3 Å². The van der Waals surface area contributed by atoms with Crippen LogP contribution in [0, 0.1) is 11.3 Å². The molecule has 0 aliphatic carbocycles. The third-order valence-corrected chi connectivity index (χ3v) is 5.55. The summed E-state index contributed by atoms with van der Waals surface area (Å²) < 4.78 is 5.75. The smallest absolute Gasteiger partial charge is 0.225 e. The van der Waals surface area contributed by atoms with Gasteiger partial charge in [-0.2, -0.15) is 0 Å². The van der Waals surface area contributed by atoms with Crippen LogP contribution in [0.1, 0.15) is 58.8 Å². The summed E-state index contributed by atoms with van der Waals surface area (Å²) in [6, 6.07) is 0. The quantitative estimate of drug-likeness (QED) is 0.848. The van der Waals surface area contributed by atoms with Gasteiger partial charge in [0.25, 0.3) is 0 Å². The molecule has 4 nitrogen and oxygen atoms in total. The molecule has 0 aromatic rings. The Hall–Kier alpha value is -0.610. The van der Waals surface area contributed by atoms with E-state index in [0.717, 1.165) is 64.6 Å². The number of nitrogens with zero attached hydrogens (tertiary/aromatic N) is 1. The molecule has 21 heavy (non-hydrogen) atoms. The van der Waals surface area contributed by atoms with E-state index in [1.807, 2.05) is 4.90 Å². The van der Waals surface area contributed by atoms with E-state index in [4.69, 9.17) is 4.74 Å². The van der Waals surface area contributed by atoms with Crippen LogP contribution in [0.2, 0.25) is 0 Å².